The summed E-state index contributed by atoms with van der Waals surface area (Å²) in [6.45, 7) is 3.30. The van der Waals surface area contributed by atoms with Crippen molar-refractivity contribution < 1.29 is 4.74 Å². The van der Waals surface area contributed by atoms with E-state index in [0.29, 0.717) is 13.3 Å². The molecule has 0 aliphatic carbocycles. The van der Waals surface area contributed by atoms with E-state index in [1.807, 2.05) is 18.2 Å². The molecule has 3 nitrogen and oxygen atoms in total. The van der Waals surface area contributed by atoms with Crippen molar-refractivity contribution >= 4 is 31.9 Å². The van der Waals surface area contributed by atoms with Crippen molar-refractivity contribution in [2.75, 3.05) is 0 Å². The molecule has 20 heavy (non-hydrogen) atoms. The van der Waals surface area contributed by atoms with Gasteiger partial charge >= 0.3 is 0 Å². The van der Waals surface area contributed by atoms with Crippen molar-refractivity contribution in [1.29, 1.82) is 0 Å². The molecule has 108 valence electrons. The number of ether oxygens (including phenoxy) is 1. The highest BCUT2D eigenvalue weighted by Crippen LogP contribution is 2.25. The van der Waals surface area contributed by atoms with Crippen LogP contribution in [0.25, 0.3) is 0 Å². The van der Waals surface area contributed by atoms with Gasteiger partial charge in [-0.2, -0.15) is 0 Å². The number of halogens is 2. The van der Waals surface area contributed by atoms with Crippen LogP contribution in [0.4, 0.5) is 0 Å². The van der Waals surface area contributed by atoms with Crippen LogP contribution >= 0.6 is 31.9 Å². The van der Waals surface area contributed by atoms with Gasteiger partial charge in [-0.3, -0.25) is 4.57 Å². The van der Waals surface area contributed by atoms with Gasteiger partial charge in [0.1, 0.15) is 21.8 Å². The lowest BCUT2D eigenvalue weighted by atomic mass is 10.2. The Morgan fingerprint density at radius 1 is 1.20 bits per heavy atom. The summed E-state index contributed by atoms with van der Waals surface area (Å²) in [7, 11) is 0. The minimum Gasteiger partial charge on any atom is -0.356 e. The molecule has 2 aromatic rings. The molecule has 0 aliphatic rings. The molecule has 0 saturated heterocycles. The van der Waals surface area contributed by atoms with Gasteiger partial charge in [-0.05, 0) is 43.8 Å². The van der Waals surface area contributed by atoms with E-state index in [1.54, 1.807) is 0 Å². The van der Waals surface area contributed by atoms with Crippen molar-refractivity contribution in [1.82, 2.24) is 9.55 Å². The number of hydrogen-bond acceptors (Lipinski definition) is 2. The topological polar surface area (TPSA) is 27.1 Å². The van der Waals surface area contributed by atoms with Crippen molar-refractivity contribution in [3.8, 4) is 0 Å². The number of hydrogen-bond donors (Lipinski definition) is 0. The monoisotopic (exact) mass is 400 g/mol. The van der Waals surface area contributed by atoms with Crippen LogP contribution in [0.5, 0.6) is 0 Å². The number of nitrogens with zero attached hydrogens (tertiary/aromatic N) is 2. The van der Waals surface area contributed by atoms with E-state index in [4.69, 9.17) is 4.74 Å². The van der Waals surface area contributed by atoms with Crippen LogP contribution in [0, 0.1) is 0 Å². The van der Waals surface area contributed by atoms with E-state index in [0.717, 1.165) is 34.3 Å². The number of unbranched alkanes of at least 4 members (excludes halogenated alkanes) is 1. The van der Waals surface area contributed by atoms with Crippen molar-refractivity contribution in [3.05, 3.63) is 50.9 Å². The standard InChI is InChI=1S/C15H18Br2N2O/c1-2-3-9-13-18-14(16)15(17)19(13)11-20-10-12-7-5-4-6-8-12/h4-8H,2-3,9-11H2,1H3. The number of benzene rings is 1. The van der Waals surface area contributed by atoms with Gasteiger partial charge in [0.25, 0.3) is 0 Å². The Morgan fingerprint density at radius 2 is 1.95 bits per heavy atom. The third-order valence-electron chi connectivity index (χ3n) is 3.03. The van der Waals surface area contributed by atoms with Gasteiger partial charge in [0.05, 0.1) is 6.61 Å². The molecule has 2 rings (SSSR count). The molecule has 0 bridgehead atoms. The Morgan fingerprint density at radius 3 is 2.65 bits per heavy atom. The Labute approximate surface area is 136 Å². The Balaban J connectivity index is 1.97. The van der Waals surface area contributed by atoms with Crippen molar-refractivity contribution in [2.24, 2.45) is 0 Å². The van der Waals surface area contributed by atoms with E-state index in [1.165, 1.54) is 5.56 Å². The first-order valence-corrected chi connectivity index (χ1v) is 8.33. The molecule has 1 aromatic heterocycles. The molecule has 5 heteroatoms. The summed E-state index contributed by atoms with van der Waals surface area (Å²) < 4.78 is 9.65. The third kappa shape index (κ3) is 4.17. The summed E-state index contributed by atoms with van der Waals surface area (Å²) in [6, 6.07) is 10.2. The molecule has 1 aromatic carbocycles. The van der Waals surface area contributed by atoms with E-state index < -0.39 is 0 Å². The molecule has 0 fully saturated rings. The van der Waals surface area contributed by atoms with Gasteiger partial charge in [0.2, 0.25) is 0 Å². The fourth-order valence-corrected chi connectivity index (χ4v) is 2.74. The zero-order chi connectivity index (χ0) is 14.4. The summed E-state index contributed by atoms with van der Waals surface area (Å²) in [5.74, 6) is 1.05. The quantitative estimate of drug-likeness (QED) is 0.657. The number of rotatable bonds is 7. The molecule has 0 saturated carbocycles. The van der Waals surface area contributed by atoms with Crippen LogP contribution in [-0.2, 0) is 24.5 Å². The highest BCUT2D eigenvalue weighted by atomic mass is 79.9. The summed E-state index contributed by atoms with van der Waals surface area (Å²) in [5.41, 5.74) is 1.18. The first-order valence-electron chi connectivity index (χ1n) is 6.74. The number of imidazole rings is 1. The largest absolute Gasteiger partial charge is 0.356 e. The maximum atomic E-state index is 5.79. The zero-order valence-corrected chi connectivity index (χ0v) is 14.7. The minimum absolute atomic E-state index is 0.507. The van der Waals surface area contributed by atoms with Gasteiger partial charge < -0.3 is 4.74 Å². The lowest BCUT2D eigenvalue weighted by molar-refractivity contribution is 0.0607. The first kappa shape index (κ1) is 15.7. The lowest BCUT2D eigenvalue weighted by Crippen LogP contribution is -2.07. The maximum Gasteiger partial charge on any atom is 0.139 e. The summed E-state index contributed by atoms with van der Waals surface area (Å²) in [5, 5.41) is 0. The van der Waals surface area contributed by atoms with Crippen molar-refractivity contribution in [3.63, 3.8) is 0 Å². The first-order chi connectivity index (χ1) is 9.72. The van der Waals surface area contributed by atoms with E-state index in [9.17, 15) is 0 Å². The van der Waals surface area contributed by atoms with Crippen LogP contribution in [0.15, 0.2) is 39.5 Å². The molecule has 0 aliphatic heterocycles. The third-order valence-corrected chi connectivity index (χ3v) is 4.92. The summed E-state index contributed by atoms with van der Waals surface area (Å²) >= 11 is 7.01. The lowest BCUT2D eigenvalue weighted by Gasteiger charge is -2.10. The van der Waals surface area contributed by atoms with E-state index in [2.05, 4.69) is 60.5 Å². The molecule has 0 N–H and O–H groups in total. The highest BCUT2D eigenvalue weighted by molar-refractivity contribution is 9.13. The molecular weight excluding hydrogens is 384 g/mol. The van der Waals surface area contributed by atoms with Gasteiger partial charge in [-0.1, -0.05) is 43.7 Å². The molecular formula is C15H18Br2N2O. The van der Waals surface area contributed by atoms with Gasteiger partial charge in [-0.25, -0.2) is 4.98 Å². The maximum absolute atomic E-state index is 5.79. The zero-order valence-electron chi connectivity index (χ0n) is 11.5. The van der Waals surface area contributed by atoms with Gasteiger partial charge in [-0.15, -0.1) is 0 Å². The van der Waals surface area contributed by atoms with Gasteiger partial charge in [0.15, 0.2) is 0 Å². The molecule has 0 radical (unpaired) electrons. The fraction of sp³-hybridized carbons (Fsp3) is 0.400. The molecule has 0 amide bonds. The molecule has 1 heterocycles. The molecule has 0 spiro atoms. The Hall–Kier alpha value is -0.650. The highest BCUT2D eigenvalue weighted by Gasteiger charge is 2.12. The normalized spacial score (nSPS) is 10.9. The van der Waals surface area contributed by atoms with Gasteiger partial charge in [0, 0.05) is 6.42 Å². The fourth-order valence-electron chi connectivity index (χ4n) is 1.93. The second-order valence-corrected chi connectivity index (χ2v) is 6.11. The Bertz CT molecular complexity index is 540. The van der Waals surface area contributed by atoms with Crippen LogP contribution in [0.1, 0.15) is 31.2 Å². The number of aromatic nitrogens is 2. The summed E-state index contributed by atoms with van der Waals surface area (Å²) in [6.07, 6.45) is 3.26. The SMILES string of the molecule is CCCCc1nc(Br)c(Br)n1COCc1ccccc1. The van der Waals surface area contributed by atoms with E-state index in [-0.39, 0.29) is 0 Å². The second-order valence-electron chi connectivity index (χ2n) is 4.60. The summed E-state index contributed by atoms with van der Waals surface area (Å²) in [4.78, 5) is 4.53. The van der Waals surface area contributed by atoms with Crippen LogP contribution in [-0.4, -0.2) is 9.55 Å². The van der Waals surface area contributed by atoms with E-state index >= 15 is 0 Å². The minimum atomic E-state index is 0.507. The second kappa shape index (κ2) is 7.96. The number of aryl methyl sites for hydroxylation is 1. The van der Waals surface area contributed by atoms with Crippen molar-refractivity contribution in [2.45, 2.75) is 39.5 Å². The average molecular weight is 402 g/mol. The molecule has 0 atom stereocenters. The Kier molecular flexibility index (Phi) is 6.26. The molecule has 0 unspecified atom stereocenters. The van der Waals surface area contributed by atoms with Crippen LogP contribution < -0.4 is 0 Å². The van der Waals surface area contributed by atoms with Crippen LogP contribution in [0.2, 0.25) is 0 Å². The predicted octanol–water partition coefficient (Wildman–Crippen LogP) is 4.93. The smallest absolute Gasteiger partial charge is 0.139 e. The van der Waals surface area contributed by atoms with Crippen LogP contribution in [0.3, 0.4) is 0 Å². The average Bonchev–Trinajstić information content (AvgIpc) is 2.74. The predicted molar refractivity (Wildman–Crippen MR) is 87.5 cm³/mol.